The van der Waals surface area contributed by atoms with Gasteiger partial charge in [-0.05, 0) is 36.0 Å². The Labute approximate surface area is 171 Å². The maximum atomic E-state index is 11.8. The van der Waals surface area contributed by atoms with Crippen LogP contribution in [0.25, 0.3) is 0 Å². The van der Waals surface area contributed by atoms with E-state index in [2.05, 4.69) is 27.3 Å². The largest absolute Gasteiger partial charge is 0.370 e. The second kappa shape index (κ2) is 9.91. The molecule has 0 aliphatic carbocycles. The third-order valence-corrected chi connectivity index (χ3v) is 5.25. The summed E-state index contributed by atoms with van der Waals surface area (Å²) in [6.07, 6.45) is 4.29. The number of piperidine rings is 1. The molecule has 2 heterocycles. The monoisotopic (exact) mass is 395 g/mol. The Morgan fingerprint density at radius 2 is 1.97 bits per heavy atom. The zero-order chi connectivity index (χ0) is 20.6. The molecule has 7 heteroatoms. The number of guanidine groups is 1. The van der Waals surface area contributed by atoms with Crippen LogP contribution >= 0.6 is 0 Å². The number of aromatic nitrogens is 1. The lowest BCUT2D eigenvalue weighted by Crippen LogP contribution is -2.46. The number of rotatable bonds is 6. The van der Waals surface area contributed by atoms with Crippen molar-refractivity contribution in [3.8, 4) is 0 Å². The van der Waals surface area contributed by atoms with Gasteiger partial charge in [-0.15, -0.1) is 0 Å². The van der Waals surface area contributed by atoms with Gasteiger partial charge in [0.15, 0.2) is 5.96 Å². The molecule has 1 saturated heterocycles. The minimum absolute atomic E-state index is 0.00165. The van der Waals surface area contributed by atoms with Crippen LogP contribution < -0.4 is 16.6 Å². The minimum Gasteiger partial charge on any atom is -0.370 e. The van der Waals surface area contributed by atoms with Gasteiger partial charge in [-0.1, -0.05) is 30.3 Å². The molecule has 0 bridgehead atoms. The van der Waals surface area contributed by atoms with E-state index in [-0.39, 0.29) is 11.5 Å². The average Bonchev–Trinajstić information content (AvgIpc) is 2.71. The number of aliphatic imine (C=N–C) groups is 1. The number of benzene rings is 1. The molecule has 29 heavy (non-hydrogen) atoms. The number of nitrogens with zero attached hydrogens (tertiary/aromatic N) is 3. The van der Waals surface area contributed by atoms with Crippen molar-refractivity contribution in [3.63, 3.8) is 0 Å². The first-order valence-electron chi connectivity index (χ1n) is 10.0. The molecule has 1 unspecified atom stereocenters. The lowest BCUT2D eigenvalue weighted by Gasteiger charge is -2.34. The number of hydrogen-bond donors (Lipinski definition) is 2. The van der Waals surface area contributed by atoms with E-state index in [1.54, 1.807) is 29.9 Å². The maximum absolute atomic E-state index is 11.8. The summed E-state index contributed by atoms with van der Waals surface area (Å²) >= 11 is 0. The number of carbonyl (C=O) groups is 1. The topological polar surface area (TPSA) is 92.7 Å². The van der Waals surface area contributed by atoms with E-state index in [0.29, 0.717) is 25.4 Å². The van der Waals surface area contributed by atoms with Gasteiger partial charge < -0.3 is 20.5 Å². The van der Waals surface area contributed by atoms with Gasteiger partial charge >= 0.3 is 0 Å². The maximum Gasteiger partial charge on any atom is 0.250 e. The zero-order valence-electron chi connectivity index (χ0n) is 16.9. The van der Waals surface area contributed by atoms with Gasteiger partial charge in [0.2, 0.25) is 5.91 Å². The Hall–Kier alpha value is -3.09. The molecule has 2 aromatic rings. The highest BCUT2D eigenvalue weighted by atomic mass is 16.1. The van der Waals surface area contributed by atoms with Crippen molar-refractivity contribution in [1.82, 2.24) is 14.8 Å². The Balaban J connectivity index is 1.55. The molecule has 3 rings (SSSR count). The van der Waals surface area contributed by atoms with Crippen LogP contribution in [0.3, 0.4) is 0 Å². The number of primary amides is 1. The molecule has 0 saturated carbocycles. The van der Waals surface area contributed by atoms with Gasteiger partial charge in [0.25, 0.3) is 5.56 Å². The number of pyridine rings is 1. The van der Waals surface area contributed by atoms with Crippen molar-refractivity contribution in [3.05, 3.63) is 70.1 Å². The normalized spacial score (nSPS) is 17.2. The van der Waals surface area contributed by atoms with Crippen molar-refractivity contribution in [2.24, 2.45) is 16.6 Å². The fourth-order valence-corrected chi connectivity index (χ4v) is 3.77. The molecular formula is C22H29N5O2. The van der Waals surface area contributed by atoms with Crippen molar-refractivity contribution < 1.29 is 4.79 Å². The van der Waals surface area contributed by atoms with E-state index in [9.17, 15) is 9.59 Å². The molecule has 0 spiro atoms. The molecule has 1 aromatic carbocycles. The lowest BCUT2D eigenvalue weighted by molar-refractivity contribution is -0.119. The van der Waals surface area contributed by atoms with Crippen LogP contribution in [0.5, 0.6) is 0 Å². The summed E-state index contributed by atoms with van der Waals surface area (Å²) in [5.74, 6) is 0.900. The first-order chi connectivity index (χ1) is 14.0. The standard InChI is InChI=1S/C22H29N5O2/c1-24-22(27-12-4-5-19(16-27)13-20(23)28)25-14-17-7-9-18(10-8-17)15-26-11-3-2-6-21(26)29/h2-3,6-11,19H,4-5,12-16H2,1H3,(H2,23,28)(H,24,25). The predicted octanol–water partition coefficient (Wildman–Crippen LogP) is 1.56. The van der Waals surface area contributed by atoms with E-state index < -0.39 is 0 Å². The predicted molar refractivity (Wildman–Crippen MR) is 115 cm³/mol. The highest BCUT2D eigenvalue weighted by molar-refractivity contribution is 5.80. The van der Waals surface area contributed by atoms with Crippen molar-refractivity contribution in [2.75, 3.05) is 20.1 Å². The van der Waals surface area contributed by atoms with Crippen molar-refractivity contribution in [1.29, 1.82) is 0 Å². The fourth-order valence-electron chi connectivity index (χ4n) is 3.77. The van der Waals surface area contributed by atoms with Gasteiger partial charge in [-0.2, -0.15) is 0 Å². The summed E-state index contributed by atoms with van der Waals surface area (Å²) in [6.45, 7) is 2.95. The van der Waals surface area contributed by atoms with Crippen LogP contribution in [0.4, 0.5) is 0 Å². The number of carbonyl (C=O) groups excluding carboxylic acids is 1. The van der Waals surface area contributed by atoms with E-state index >= 15 is 0 Å². The van der Waals surface area contributed by atoms with E-state index in [0.717, 1.165) is 43.0 Å². The number of amides is 1. The summed E-state index contributed by atoms with van der Waals surface area (Å²) in [5.41, 5.74) is 7.58. The molecule has 1 aromatic heterocycles. The Morgan fingerprint density at radius 3 is 2.66 bits per heavy atom. The quantitative estimate of drug-likeness (QED) is 0.573. The first kappa shape index (κ1) is 20.6. The van der Waals surface area contributed by atoms with E-state index in [1.165, 1.54) is 0 Å². The minimum atomic E-state index is -0.238. The van der Waals surface area contributed by atoms with E-state index in [4.69, 9.17) is 5.73 Å². The third-order valence-electron chi connectivity index (χ3n) is 5.25. The Kier molecular flexibility index (Phi) is 7.05. The van der Waals surface area contributed by atoms with Gasteiger partial charge in [0.1, 0.15) is 0 Å². The number of nitrogens with one attached hydrogen (secondary N) is 1. The molecule has 1 amide bonds. The highest BCUT2D eigenvalue weighted by Gasteiger charge is 2.23. The summed E-state index contributed by atoms with van der Waals surface area (Å²) in [5, 5.41) is 3.41. The SMILES string of the molecule is CN=C(NCc1ccc(Cn2ccccc2=O)cc1)N1CCCC(CC(N)=O)C1. The van der Waals surface area contributed by atoms with Crippen LogP contribution in [-0.2, 0) is 17.9 Å². The molecule has 0 radical (unpaired) electrons. The molecule has 1 aliphatic rings. The van der Waals surface area contributed by atoms with Crippen molar-refractivity contribution >= 4 is 11.9 Å². The Morgan fingerprint density at radius 1 is 1.21 bits per heavy atom. The number of likely N-dealkylation sites (tertiary alicyclic amines) is 1. The fraction of sp³-hybridized carbons (Fsp3) is 0.409. The average molecular weight is 396 g/mol. The van der Waals surface area contributed by atoms with Crippen LogP contribution in [-0.4, -0.2) is 41.5 Å². The smallest absolute Gasteiger partial charge is 0.250 e. The number of nitrogens with two attached hydrogens (primary N) is 1. The van der Waals surface area contributed by atoms with Gasteiger partial charge in [-0.3, -0.25) is 14.6 Å². The molecule has 7 nitrogen and oxygen atoms in total. The lowest BCUT2D eigenvalue weighted by atomic mass is 9.95. The van der Waals surface area contributed by atoms with Crippen LogP contribution in [0, 0.1) is 5.92 Å². The van der Waals surface area contributed by atoms with Gasteiger partial charge in [0, 0.05) is 45.4 Å². The first-order valence-corrected chi connectivity index (χ1v) is 10.0. The van der Waals surface area contributed by atoms with Gasteiger partial charge in [-0.25, -0.2) is 0 Å². The highest BCUT2D eigenvalue weighted by Crippen LogP contribution is 2.19. The van der Waals surface area contributed by atoms with E-state index in [1.807, 2.05) is 18.2 Å². The molecule has 1 fully saturated rings. The second-order valence-electron chi connectivity index (χ2n) is 7.51. The molecular weight excluding hydrogens is 366 g/mol. The Bertz CT molecular complexity index is 904. The summed E-state index contributed by atoms with van der Waals surface area (Å²) < 4.78 is 1.69. The molecule has 1 atom stereocenters. The molecule has 154 valence electrons. The molecule has 1 aliphatic heterocycles. The van der Waals surface area contributed by atoms with Gasteiger partial charge in [0.05, 0.1) is 6.54 Å². The number of hydrogen-bond acceptors (Lipinski definition) is 3. The van der Waals surface area contributed by atoms with Crippen LogP contribution in [0.2, 0.25) is 0 Å². The molecule has 3 N–H and O–H groups in total. The third kappa shape index (κ3) is 5.94. The van der Waals surface area contributed by atoms with Crippen LogP contribution in [0.15, 0.2) is 58.4 Å². The van der Waals surface area contributed by atoms with Crippen LogP contribution in [0.1, 0.15) is 30.4 Å². The van der Waals surface area contributed by atoms with Crippen molar-refractivity contribution in [2.45, 2.75) is 32.4 Å². The summed E-state index contributed by atoms with van der Waals surface area (Å²) in [6, 6.07) is 13.4. The second-order valence-corrected chi connectivity index (χ2v) is 7.51. The summed E-state index contributed by atoms with van der Waals surface area (Å²) in [7, 11) is 1.78. The summed E-state index contributed by atoms with van der Waals surface area (Å²) in [4.78, 5) is 29.7. The zero-order valence-corrected chi connectivity index (χ0v) is 16.9.